The molecule has 0 bridgehead atoms. The highest BCUT2D eigenvalue weighted by Gasteiger charge is 2.37. The molecule has 0 spiro atoms. The summed E-state index contributed by atoms with van der Waals surface area (Å²) in [6.07, 6.45) is 9.24. The highest BCUT2D eigenvalue weighted by Crippen LogP contribution is 2.42. The molecular formula is C14H30N2S. The minimum atomic E-state index is 0.369. The smallest absolute Gasteiger partial charge is 0.0357 e. The van der Waals surface area contributed by atoms with E-state index in [1.165, 1.54) is 50.7 Å². The van der Waals surface area contributed by atoms with Crippen molar-refractivity contribution in [2.45, 2.75) is 76.5 Å². The van der Waals surface area contributed by atoms with Gasteiger partial charge in [0.25, 0.3) is 0 Å². The van der Waals surface area contributed by atoms with Crippen LogP contribution in [0, 0.1) is 5.92 Å². The molecule has 0 aliphatic carbocycles. The number of unbranched alkanes of at least 4 members (excludes halogenated alkanes) is 1. The van der Waals surface area contributed by atoms with Gasteiger partial charge in [0.05, 0.1) is 0 Å². The first-order valence-electron chi connectivity index (χ1n) is 7.26. The van der Waals surface area contributed by atoms with Gasteiger partial charge in [0.2, 0.25) is 0 Å². The van der Waals surface area contributed by atoms with Crippen molar-refractivity contribution in [2.75, 3.05) is 5.75 Å². The molecule has 3 heteroatoms. The topological polar surface area (TPSA) is 38.0 Å². The molecule has 2 nitrogen and oxygen atoms in total. The zero-order chi connectivity index (χ0) is 12.7. The molecule has 0 saturated carbocycles. The van der Waals surface area contributed by atoms with Crippen molar-refractivity contribution in [3.8, 4) is 0 Å². The van der Waals surface area contributed by atoms with Gasteiger partial charge < -0.3 is 0 Å². The summed E-state index contributed by atoms with van der Waals surface area (Å²) in [5.74, 6) is 7.95. The van der Waals surface area contributed by atoms with Crippen molar-refractivity contribution in [2.24, 2.45) is 11.8 Å². The lowest BCUT2D eigenvalue weighted by atomic mass is 9.85. The van der Waals surface area contributed by atoms with Crippen LogP contribution in [0.4, 0.5) is 0 Å². The summed E-state index contributed by atoms with van der Waals surface area (Å²) in [5.41, 5.74) is 3.10. The average Bonchev–Trinajstić information content (AvgIpc) is 2.77. The van der Waals surface area contributed by atoms with Gasteiger partial charge in [-0.1, -0.05) is 39.5 Å². The Balaban J connectivity index is 2.49. The fourth-order valence-corrected chi connectivity index (χ4v) is 4.29. The minimum Gasteiger partial charge on any atom is -0.271 e. The van der Waals surface area contributed by atoms with Crippen LogP contribution in [-0.4, -0.2) is 16.5 Å². The Bertz CT molecular complexity index is 202. The van der Waals surface area contributed by atoms with Gasteiger partial charge in [-0.2, -0.15) is 11.8 Å². The molecular weight excluding hydrogens is 228 g/mol. The van der Waals surface area contributed by atoms with Crippen LogP contribution >= 0.6 is 11.8 Å². The van der Waals surface area contributed by atoms with Gasteiger partial charge >= 0.3 is 0 Å². The summed E-state index contributed by atoms with van der Waals surface area (Å²) in [5, 5.41) is 0. The largest absolute Gasteiger partial charge is 0.271 e. The molecule has 3 unspecified atom stereocenters. The number of rotatable bonds is 8. The third-order valence-corrected chi connectivity index (χ3v) is 5.94. The standard InChI is InChI=1S/C14H30N2S/c1-4-6-8-12(5-2)11-13(16-15)14(3)9-7-10-17-14/h12-13,16H,4-11,15H2,1-3H3. The first-order chi connectivity index (χ1) is 8.16. The van der Waals surface area contributed by atoms with Gasteiger partial charge in [0.1, 0.15) is 0 Å². The lowest BCUT2D eigenvalue weighted by Crippen LogP contribution is -2.49. The maximum absolute atomic E-state index is 5.81. The molecule has 3 N–H and O–H groups in total. The minimum absolute atomic E-state index is 0.369. The molecule has 1 rings (SSSR count). The Morgan fingerprint density at radius 1 is 1.41 bits per heavy atom. The van der Waals surface area contributed by atoms with E-state index >= 15 is 0 Å². The highest BCUT2D eigenvalue weighted by molar-refractivity contribution is 8.00. The molecule has 0 amide bonds. The fraction of sp³-hybridized carbons (Fsp3) is 1.00. The third-order valence-electron chi connectivity index (χ3n) is 4.30. The molecule has 0 aromatic carbocycles. The summed E-state index contributed by atoms with van der Waals surface area (Å²) < 4.78 is 0.369. The number of hydrogen-bond acceptors (Lipinski definition) is 3. The molecule has 17 heavy (non-hydrogen) atoms. The number of nitrogens with two attached hydrogens (primary N) is 1. The van der Waals surface area contributed by atoms with Crippen LogP contribution in [-0.2, 0) is 0 Å². The van der Waals surface area contributed by atoms with E-state index in [0.29, 0.717) is 10.8 Å². The molecule has 1 fully saturated rings. The van der Waals surface area contributed by atoms with Gasteiger partial charge in [-0.05, 0) is 37.9 Å². The lowest BCUT2D eigenvalue weighted by molar-refractivity contribution is 0.305. The summed E-state index contributed by atoms with van der Waals surface area (Å²) in [6.45, 7) is 6.99. The SMILES string of the molecule is CCCCC(CC)CC(NN)C1(C)CCCS1. The second-order valence-corrected chi connectivity index (χ2v) is 7.27. The number of thioether (sulfide) groups is 1. The van der Waals surface area contributed by atoms with E-state index in [9.17, 15) is 0 Å². The summed E-state index contributed by atoms with van der Waals surface area (Å²) in [4.78, 5) is 0. The van der Waals surface area contributed by atoms with Crippen LogP contribution in [0.25, 0.3) is 0 Å². The van der Waals surface area contributed by atoms with E-state index in [1.54, 1.807) is 0 Å². The fourth-order valence-electron chi connectivity index (χ4n) is 2.88. The second kappa shape index (κ2) is 7.65. The number of hydrogen-bond donors (Lipinski definition) is 2. The quantitative estimate of drug-likeness (QED) is 0.515. The molecule has 0 aromatic heterocycles. The first kappa shape index (κ1) is 15.3. The molecule has 0 aromatic rings. The molecule has 1 heterocycles. The normalized spacial score (nSPS) is 28.2. The van der Waals surface area contributed by atoms with Crippen molar-refractivity contribution in [1.29, 1.82) is 0 Å². The van der Waals surface area contributed by atoms with Crippen molar-refractivity contribution in [1.82, 2.24) is 5.43 Å². The molecule has 1 aliphatic heterocycles. The van der Waals surface area contributed by atoms with Crippen LogP contribution in [0.15, 0.2) is 0 Å². The van der Waals surface area contributed by atoms with Gasteiger partial charge in [0, 0.05) is 10.8 Å². The Morgan fingerprint density at radius 3 is 2.65 bits per heavy atom. The van der Waals surface area contributed by atoms with Crippen LogP contribution in [0.2, 0.25) is 0 Å². The maximum Gasteiger partial charge on any atom is 0.0357 e. The van der Waals surface area contributed by atoms with Crippen molar-refractivity contribution < 1.29 is 0 Å². The summed E-state index contributed by atoms with van der Waals surface area (Å²) in [7, 11) is 0. The Morgan fingerprint density at radius 2 is 2.18 bits per heavy atom. The van der Waals surface area contributed by atoms with Crippen LogP contribution < -0.4 is 11.3 Å². The third kappa shape index (κ3) is 4.46. The average molecular weight is 258 g/mol. The van der Waals surface area contributed by atoms with Gasteiger partial charge in [-0.15, -0.1) is 0 Å². The zero-order valence-corrected chi connectivity index (χ0v) is 12.6. The molecule has 1 aliphatic rings. The Labute approximate surface area is 111 Å². The number of hydrazine groups is 1. The summed E-state index contributed by atoms with van der Waals surface area (Å²) in [6, 6.07) is 0.483. The van der Waals surface area contributed by atoms with E-state index in [-0.39, 0.29) is 0 Å². The van der Waals surface area contributed by atoms with Gasteiger partial charge in [-0.25, -0.2) is 0 Å². The zero-order valence-electron chi connectivity index (χ0n) is 11.8. The van der Waals surface area contributed by atoms with Gasteiger partial charge in [-0.3, -0.25) is 11.3 Å². The van der Waals surface area contributed by atoms with E-state index in [1.807, 2.05) is 0 Å². The van der Waals surface area contributed by atoms with Crippen molar-refractivity contribution in [3.05, 3.63) is 0 Å². The van der Waals surface area contributed by atoms with E-state index in [0.717, 1.165) is 5.92 Å². The Kier molecular flexibility index (Phi) is 6.90. The molecule has 102 valence electrons. The monoisotopic (exact) mass is 258 g/mol. The highest BCUT2D eigenvalue weighted by atomic mass is 32.2. The van der Waals surface area contributed by atoms with Crippen molar-refractivity contribution >= 4 is 11.8 Å². The van der Waals surface area contributed by atoms with E-state index in [2.05, 4.69) is 38.0 Å². The number of nitrogens with one attached hydrogen (secondary N) is 1. The van der Waals surface area contributed by atoms with Crippen LogP contribution in [0.5, 0.6) is 0 Å². The van der Waals surface area contributed by atoms with Crippen LogP contribution in [0.1, 0.15) is 65.7 Å². The van der Waals surface area contributed by atoms with Crippen LogP contribution in [0.3, 0.4) is 0 Å². The van der Waals surface area contributed by atoms with E-state index < -0.39 is 0 Å². The lowest BCUT2D eigenvalue weighted by Gasteiger charge is -2.35. The first-order valence-corrected chi connectivity index (χ1v) is 8.25. The predicted octanol–water partition coefficient (Wildman–Crippen LogP) is 3.71. The second-order valence-electron chi connectivity index (χ2n) is 5.64. The molecule has 1 saturated heterocycles. The Hall–Kier alpha value is 0.270. The maximum atomic E-state index is 5.81. The summed E-state index contributed by atoms with van der Waals surface area (Å²) >= 11 is 2.11. The van der Waals surface area contributed by atoms with Crippen molar-refractivity contribution in [3.63, 3.8) is 0 Å². The van der Waals surface area contributed by atoms with Gasteiger partial charge in [0.15, 0.2) is 0 Å². The molecule has 0 radical (unpaired) electrons. The molecule has 3 atom stereocenters. The van der Waals surface area contributed by atoms with E-state index in [4.69, 9.17) is 5.84 Å². The predicted molar refractivity (Wildman–Crippen MR) is 79.1 cm³/mol.